The summed E-state index contributed by atoms with van der Waals surface area (Å²) in [5.74, 6) is -1.60. The number of ether oxygens (including phenoxy) is 3. The van der Waals surface area contributed by atoms with E-state index in [1.54, 1.807) is 0 Å². The molecular weight excluding hydrogens is 1460 g/mol. The predicted octanol–water partition coefficient (Wildman–Crippen LogP) is 26.9. The lowest BCUT2D eigenvalue weighted by atomic mass is 10.0. The number of rotatable bonds is 82. The molecule has 16 nitrogen and oxygen atoms in total. The SMILES string of the molecule is CC/C=C\C/C=C\C/C=C\C/C=C\C/C=C\C/C=C\CCCCCCCCCCCCCCC(=O)OCC(O)COP(=O)(O)OCC(O)COP(=O)(O)OCC(COC(=O)CCCCCCCCCCCCCC/C=C\C/C=C\C/C=C\C/C=C\C/C=C\C/C=C\CC)OC(=O)CCCCCCC/C=C\C/C=C\C/C=C\CC. The van der Waals surface area contributed by atoms with Crippen molar-refractivity contribution in [1.29, 1.82) is 0 Å². The summed E-state index contributed by atoms with van der Waals surface area (Å²) in [6.07, 6.45) is 112. The van der Waals surface area contributed by atoms with Gasteiger partial charge in [-0.1, -0.05) is 351 Å². The summed E-state index contributed by atoms with van der Waals surface area (Å²) in [4.78, 5) is 58.8. The molecule has 0 saturated heterocycles. The van der Waals surface area contributed by atoms with Crippen LogP contribution in [0.1, 0.15) is 342 Å². The van der Waals surface area contributed by atoms with Gasteiger partial charge in [-0.15, -0.1) is 0 Å². The van der Waals surface area contributed by atoms with Gasteiger partial charge in [0.25, 0.3) is 0 Å². The van der Waals surface area contributed by atoms with Crippen LogP contribution in [0.2, 0.25) is 0 Å². The highest BCUT2D eigenvalue weighted by Gasteiger charge is 2.29. The summed E-state index contributed by atoms with van der Waals surface area (Å²) in [5.41, 5.74) is 0. The summed E-state index contributed by atoms with van der Waals surface area (Å²) < 4.78 is 61.3. The summed E-state index contributed by atoms with van der Waals surface area (Å²) in [6.45, 7) is 2.33. The Kier molecular flexibility index (Phi) is 81.9. The van der Waals surface area contributed by atoms with Crippen molar-refractivity contribution >= 4 is 33.6 Å². The van der Waals surface area contributed by atoms with Crippen LogP contribution in [-0.2, 0) is 55.8 Å². The number of phosphoric acid groups is 2. The lowest BCUT2D eigenvalue weighted by Gasteiger charge is -2.21. The summed E-state index contributed by atoms with van der Waals surface area (Å²) in [5, 5.41) is 20.7. The Morgan fingerprint density at radius 1 is 0.248 bits per heavy atom. The van der Waals surface area contributed by atoms with E-state index >= 15 is 0 Å². The van der Waals surface area contributed by atoms with E-state index in [1.165, 1.54) is 96.3 Å². The van der Waals surface area contributed by atoms with Crippen molar-refractivity contribution in [3.8, 4) is 0 Å². The van der Waals surface area contributed by atoms with E-state index in [0.717, 1.165) is 186 Å². The molecule has 0 aromatic heterocycles. The van der Waals surface area contributed by atoms with Gasteiger partial charge in [0.2, 0.25) is 0 Å². The maximum atomic E-state index is 13.0. The molecule has 0 aliphatic rings. The molecule has 5 unspecified atom stereocenters. The zero-order valence-electron chi connectivity index (χ0n) is 70.7. The average molecular weight is 1620 g/mol. The van der Waals surface area contributed by atoms with Gasteiger partial charge in [-0.3, -0.25) is 32.5 Å². The highest BCUT2D eigenvalue weighted by atomic mass is 31.2. The fourth-order valence-corrected chi connectivity index (χ4v) is 13.1. The zero-order chi connectivity index (χ0) is 82.2. The molecule has 0 aliphatic carbocycles. The van der Waals surface area contributed by atoms with E-state index < -0.39 is 91.5 Å². The van der Waals surface area contributed by atoms with E-state index in [0.29, 0.717) is 19.3 Å². The molecule has 0 rings (SSSR count). The molecule has 0 aromatic rings. The third kappa shape index (κ3) is 87.3. The molecule has 4 N–H and O–H groups in total. The van der Waals surface area contributed by atoms with Crippen LogP contribution < -0.4 is 0 Å². The molecule has 0 spiro atoms. The van der Waals surface area contributed by atoms with Crippen LogP contribution in [-0.4, -0.2) is 95.9 Å². The minimum Gasteiger partial charge on any atom is -0.463 e. The summed E-state index contributed by atoms with van der Waals surface area (Å²) in [7, 11) is -9.81. The Morgan fingerprint density at radius 3 is 0.699 bits per heavy atom. The second-order valence-corrected chi connectivity index (χ2v) is 31.8. The Bertz CT molecular complexity index is 2780. The molecule has 0 aromatic carbocycles. The second kappa shape index (κ2) is 86.0. The van der Waals surface area contributed by atoms with Crippen LogP contribution >= 0.6 is 15.6 Å². The third-order valence-electron chi connectivity index (χ3n) is 18.1. The standard InChI is InChI=1S/C95H158O16P2/c1-4-7-10-13-16-19-22-25-28-30-32-34-36-38-40-42-44-46-48-50-52-54-56-58-61-63-66-69-72-75-78-81-93(98)105-84-90(96)85-107-112(101,102)108-86-91(97)87-109-113(103,104)110-89-92(111-95(100)83-80-77-74-71-68-65-60-27-24-21-18-15-12-9-6-3)88-106-94(99)82-79-76-73-70-67-64-62-59-57-55-53-51-49-47-45-43-41-39-37-35-33-31-29-26-23-20-17-14-11-8-5-2/h7-12,16-21,25-29,32-35,38-41,44-47,60,90-92,96-97H,4-6,13-15,22-24,30-31,36-37,42-43,48-59,61-89H2,1-3H3,(H,101,102)(H,103,104)/b10-7-,11-8-,12-9-,19-16-,20-17-,21-18-,28-25-,29-26-,34-32-,35-33-,40-38-,41-39-,46-44-,47-45-,60-27-. The van der Waals surface area contributed by atoms with E-state index in [9.17, 15) is 43.5 Å². The first kappa shape index (κ1) is 108. The van der Waals surface area contributed by atoms with E-state index in [4.69, 9.17) is 32.3 Å². The minimum atomic E-state index is -4.95. The van der Waals surface area contributed by atoms with Gasteiger partial charge in [0.1, 0.15) is 25.4 Å². The zero-order valence-corrected chi connectivity index (χ0v) is 72.5. The molecule has 0 aliphatic heterocycles. The maximum Gasteiger partial charge on any atom is 0.472 e. The molecule has 0 fully saturated rings. The molecule has 0 radical (unpaired) electrons. The minimum absolute atomic E-state index is 0.0803. The number of aliphatic hydroxyl groups excluding tert-OH is 2. The van der Waals surface area contributed by atoms with Gasteiger partial charge >= 0.3 is 33.6 Å². The monoisotopic (exact) mass is 1620 g/mol. The lowest BCUT2D eigenvalue weighted by Crippen LogP contribution is -2.30. The molecule has 113 heavy (non-hydrogen) atoms. The van der Waals surface area contributed by atoms with Crippen molar-refractivity contribution in [2.75, 3.05) is 39.6 Å². The Labute approximate surface area is 687 Å². The van der Waals surface area contributed by atoms with Gasteiger partial charge in [0, 0.05) is 19.3 Å². The molecule has 0 saturated carbocycles. The van der Waals surface area contributed by atoms with Crippen LogP contribution in [0.4, 0.5) is 0 Å². The number of allylic oxidation sites excluding steroid dienone is 30. The molecule has 0 amide bonds. The van der Waals surface area contributed by atoms with Crippen molar-refractivity contribution in [3.05, 3.63) is 182 Å². The van der Waals surface area contributed by atoms with E-state index in [-0.39, 0.29) is 19.3 Å². The van der Waals surface area contributed by atoms with Gasteiger partial charge < -0.3 is 34.2 Å². The van der Waals surface area contributed by atoms with Crippen molar-refractivity contribution in [3.63, 3.8) is 0 Å². The average Bonchev–Trinajstić information content (AvgIpc) is 0.903. The normalized spacial score (nSPS) is 14.7. The number of aliphatic hydroxyl groups is 2. The fourth-order valence-electron chi connectivity index (χ4n) is 11.5. The number of hydrogen-bond acceptors (Lipinski definition) is 14. The lowest BCUT2D eigenvalue weighted by molar-refractivity contribution is -0.161. The van der Waals surface area contributed by atoms with Gasteiger partial charge in [-0.05, 0) is 154 Å². The van der Waals surface area contributed by atoms with E-state index in [1.807, 2.05) is 0 Å². The van der Waals surface area contributed by atoms with Crippen molar-refractivity contribution in [2.24, 2.45) is 0 Å². The highest BCUT2D eigenvalue weighted by molar-refractivity contribution is 7.47. The first-order valence-corrected chi connectivity index (χ1v) is 47.1. The molecular formula is C95H158O16P2. The molecule has 644 valence electrons. The quantitative estimate of drug-likeness (QED) is 0.0146. The topological polar surface area (TPSA) is 231 Å². The van der Waals surface area contributed by atoms with Crippen molar-refractivity contribution in [2.45, 2.75) is 360 Å². The third-order valence-corrected chi connectivity index (χ3v) is 20.0. The van der Waals surface area contributed by atoms with Gasteiger partial charge in [-0.2, -0.15) is 0 Å². The van der Waals surface area contributed by atoms with Gasteiger partial charge in [0.15, 0.2) is 6.10 Å². The van der Waals surface area contributed by atoms with Gasteiger partial charge in [0.05, 0.1) is 26.4 Å². The summed E-state index contributed by atoms with van der Waals surface area (Å²) in [6, 6.07) is 0. The predicted molar refractivity (Wildman–Crippen MR) is 472 cm³/mol. The number of carbonyl (C=O) groups excluding carboxylic acids is 3. The van der Waals surface area contributed by atoms with Crippen molar-refractivity contribution < 1.29 is 75.8 Å². The molecule has 0 heterocycles. The molecule has 5 atom stereocenters. The maximum absolute atomic E-state index is 13.0. The Balaban J connectivity index is 4.52. The number of unbranched alkanes of at least 4 members (excludes halogenated alkanes) is 29. The van der Waals surface area contributed by atoms with Crippen molar-refractivity contribution in [1.82, 2.24) is 0 Å². The Morgan fingerprint density at radius 2 is 0.442 bits per heavy atom. The molecule has 18 heteroatoms. The second-order valence-electron chi connectivity index (χ2n) is 28.9. The van der Waals surface area contributed by atoms with Crippen LogP contribution in [0, 0.1) is 0 Å². The van der Waals surface area contributed by atoms with Crippen LogP contribution in [0.25, 0.3) is 0 Å². The first-order valence-electron chi connectivity index (χ1n) is 44.1. The van der Waals surface area contributed by atoms with Crippen LogP contribution in [0.15, 0.2) is 182 Å². The highest BCUT2D eigenvalue weighted by Crippen LogP contribution is 2.45. The number of phosphoric ester groups is 2. The number of esters is 3. The number of hydrogen-bond donors (Lipinski definition) is 4. The van der Waals surface area contributed by atoms with Crippen LogP contribution in [0.5, 0.6) is 0 Å². The van der Waals surface area contributed by atoms with Gasteiger partial charge in [-0.25, -0.2) is 9.13 Å². The number of carbonyl (C=O) groups is 3. The summed E-state index contributed by atoms with van der Waals surface area (Å²) >= 11 is 0. The molecule has 0 bridgehead atoms. The largest absolute Gasteiger partial charge is 0.472 e. The van der Waals surface area contributed by atoms with E-state index in [2.05, 4.69) is 203 Å². The van der Waals surface area contributed by atoms with Crippen LogP contribution in [0.3, 0.4) is 0 Å². The smallest absolute Gasteiger partial charge is 0.463 e. The Hall–Kier alpha value is -5.35. The first-order chi connectivity index (χ1) is 55.2. The fraction of sp³-hybridized carbons (Fsp3) is 0.653.